The zero-order valence-corrected chi connectivity index (χ0v) is 13.2. The second-order valence-electron chi connectivity index (χ2n) is 5.52. The molecule has 0 aliphatic carbocycles. The monoisotopic (exact) mass is 288 g/mol. The summed E-state index contributed by atoms with van der Waals surface area (Å²) in [6.07, 6.45) is 0. The summed E-state index contributed by atoms with van der Waals surface area (Å²) in [5, 5.41) is 4.60. The van der Waals surface area contributed by atoms with E-state index in [0.717, 1.165) is 28.9 Å². The zero-order chi connectivity index (χ0) is 15.2. The van der Waals surface area contributed by atoms with Crippen LogP contribution in [0.4, 0.5) is 0 Å². The van der Waals surface area contributed by atoms with E-state index in [0.29, 0.717) is 18.6 Å². The van der Waals surface area contributed by atoms with Crippen LogP contribution in [0.5, 0.6) is 5.75 Å². The van der Waals surface area contributed by atoms with E-state index in [9.17, 15) is 0 Å². The smallest absolute Gasteiger partial charge is 0.145 e. The summed E-state index contributed by atoms with van der Waals surface area (Å²) in [7, 11) is 3.41. The lowest BCUT2D eigenvalue weighted by atomic mass is 10.1. The van der Waals surface area contributed by atoms with E-state index >= 15 is 0 Å². The molecule has 2 rings (SSSR count). The van der Waals surface area contributed by atoms with Crippen molar-refractivity contribution in [3.05, 3.63) is 36.0 Å². The van der Waals surface area contributed by atoms with Crippen molar-refractivity contribution in [2.75, 3.05) is 20.8 Å². The van der Waals surface area contributed by atoms with Crippen molar-refractivity contribution in [1.29, 1.82) is 0 Å². The third-order valence-corrected chi connectivity index (χ3v) is 3.66. The minimum atomic E-state index is 0.324. The van der Waals surface area contributed by atoms with Crippen molar-refractivity contribution in [1.82, 2.24) is 10.3 Å². The maximum absolute atomic E-state index is 5.38. The highest BCUT2D eigenvalue weighted by atomic mass is 16.5. The molecule has 21 heavy (non-hydrogen) atoms. The number of benzene rings is 1. The molecule has 0 aliphatic heterocycles. The zero-order valence-electron chi connectivity index (χ0n) is 13.2. The summed E-state index contributed by atoms with van der Waals surface area (Å²) >= 11 is 0. The van der Waals surface area contributed by atoms with Crippen molar-refractivity contribution in [2.24, 2.45) is 5.92 Å². The van der Waals surface area contributed by atoms with Crippen LogP contribution in [0.1, 0.15) is 19.5 Å². The van der Waals surface area contributed by atoms with Crippen LogP contribution in [0.3, 0.4) is 0 Å². The summed E-state index contributed by atoms with van der Waals surface area (Å²) < 4.78 is 10.6. The molecule has 0 aliphatic rings. The van der Waals surface area contributed by atoms with Crippen molar-refractivity contribution in [3.63, 3.8) is 0 Å². The second-order valence-corrected chi connectivity index (χ2v) is 5.52. The van der Waals surface area contributed by atoms with Gasteiger partial charge in [0.1, 0.15) is 11.3 Å². The Morgan fingerprint density at radius 3 is 2.62 bits per heavy atom. The minimum Gasteiger partial charge on any atom is -0.494 e. The Hall–Kier alpha value is -1.65. The van der Waals surface area contributed by atoms with Gasteiger partial charge in [0.2, 0.25) is 0 Å². The molecule has 0 radical (unpaired) electrons. The minimum absolute atomic E-state index is 0.324. The summed E-state index contributed by atoms with van der Waals surface area (Å²) in [5.74, 6) is 1.33. The van der Waals surface area contributed by atoms with Gasteiger partial charge in [0.15, 0.2) is 0 Å². The molecule has 0 amide bonds. The first kappa shape index (κ1) is 15.7. The Bertz CT molecular complexity index is 584. The normalized spacial score (nSPS) is 12.8. The number of ether oxygens (including phenoxy) is 2. The van der Waals surface area contributed by atoms with Crippen molar-refractivity contribution < 1.29 is 9.47 Å². The van der Waals surface area contributed by atoms with Crippen LogP contribution < -0.4 is 10.1 Å². The molecule has 0 bridgehead atoms. The quantitative estimate of drug-likeness (QED) is 0.850. The number of nitrogens with one attached hydrogen (secondary N) is 1. The van der Waals surface area contributed by atoms with E-state index in [1.807, 2.05) is 18.2 Å². The van der Waals surface area contributed by atoms with Crippen LogP contribution >= 0.6 is 0 Å². The molecule has 1 N–H and O–H groups in total. The number of nitrogens with zero attached hydrogens (tertiary/aromatic N) is 1. The summed E-state index contributed by atoms with van der Waals surface area (Å²) in [6, 6.07) is 10.4. The maximum Gasteiger partial charge on any atom is 0.145 e. The first-order chi connectivity index (χ1) is 10.2. The molecule has 114 valence electrons. The Labute approximate surface area is 126 Å². The number of hydrogen-bond acceptors (Lipinski definition) is 4. The third-order valence-electron chi connectivity index (χ3n) is 3.66. The maximum atomic E-state index is 5.38. The number of hydrogen-bond donors (Lipinski definition) is 1. The number of rotatable bonds is 7. The molecule has 1 atom stereocenters. The lowest BCUT2D eigenvalue weighted by molar-refractivity contribution is 0.146. The lowest BCUT2D eigenvalue weighted by Crippen LogP contribution is -2.37. The fourth-order valence-corrected chi connectivity index (χ4v) is 2.33. The van der Waals surface area contributed by atoms with Crippen molar-refractivity contribution in [2.45, 2.75) is 26.4 Å². The number of pyridine rings is 1. The first-order valence-corrected chi connectivity index (χ1v) is 7.30. The van der Waals surface area contributed by atoms with Crippen molar-refractivity contribution in [3.8, 4) is 5.75 Å². The molecular weight excluding hydrogens is 264 g/mol. The third kappa shape index (κ3) is 3.93. The Kier molecular flexibility index (Phi) is 5.53. The summed E-state index contributed by atoms with van der Waals surface area (Å²) in [6.45, 7) is 5.80. The van der Waals surface area contributed by atoms with Gasteiger partial charge in [-0.2, -0.15) is 0 Å². The summed E-state index contributed by atoms with van der Waals surface area (Å²) in [5.41, 5.74) is 1.92. The first-order valence-electron chi connectivity index (χ1n) is 7.30. The fourth-order valence-electron chi connectivity index (χ4n) is 2.33. The van der Waals surface area contributed by atoms with E-state index in [1.54, 1.807) is 14.2 Å². The van der Waals surface area contributed by atoms with Crippen LogP contribution in [-0.4, -0.2) is 31.9 Å². The molecule has 1 aromatic heterocycles. The van der Waals surface area contributed by atoms with Crippen LogP contribution in [0, 0.1) is 5.92 Å². The molecule has 0 saturated heterocycles. The Morgan fingerprint density at radius 1 is 1.14 bits per heavy atom. The summed E-state index contributed by atoms with van der Waals surface area (Å²) in [4.78, 5) is 4.71. The van der Waals surface area contributed by atoms with Gasteiger partial charge < -0.3 is 14.8 Å². The van der Waals surface area contributed by atoms with E-state index in [4.69, 9.17) is 14.5 Å². The number of fused-ring (bicyclic) bond motifs is 1. The lowest BCUT2D eigenvalue weighted by Gasteiger charge is -2.21. The number of aromatic nitrogens is 1. The largest absolute Gasteiger partial charge is 0.494 e. The van der Waals surface area contributed by atoms with Crippen LogP contribution in [0.15, 0.2) is 30.3 Å². The van der Waals surface area contributed by atoms with Gasteiger partial charge in [-0.15, -0.1) is 0 Å². The molecule has 0 saturated carbocycles. The topological polar surface area (TPSA) is 43.4 Å². The van der Waals surface area contributed by atoms with Gasteiger partial charge in [-0.1, -0.05) is 32.0 Å². The second kappa shape index (κ2) is 7.38. The molecule has 0 spiro atoms. The predicted octanol–water partition coefficient (Wildman–Crippen LogP) is 3.00. The van der Waals surface area contributed by atoms with E-state index in [1.165, 1.54) is 0 Å². The highest BCUT2D eigenvalue weighted by Crippen LogP contribution is 2.23. The molecule has 1 unspecified atom stereocenters. The number of para-hydroxylation sites is 1. The molecule has 0 fully saturated rings. The van der Waals surface area contributed by atoms with Gasteiger partial charge in [0.25, 0.3) is 0 Å². The average molecular weight is 288 g/mol. The van der Waals surface area contributed by atoms with Crippen LogP contribution in [0.25, 0.3) is 10.9 Å². The van der Waals surface area contributed by atoms with Crippen LogP contribution in [0.2, 0.25) is 0 Å². The predicted molar refractivity (Wildman–Crippen MR) is 85.6 cm³/mol. The van der Waals surface area contributed by atoms with Crippen LogP contribution in [-0.2, 0) is 11.3 Å². The van der Waals surface area contributed by atoms with Gasteiger partial charge in [-0.05, 0) is 18.1 Å². The van der Waals surface area contributed by atoms with Gasteiger partial charge in [0.05, 0.1) is 19.4 Å². The highest BCUT2D eigenvalue weighted by molar-refractivity contribution is 5.84. The standard InChI is InChI=1S/C17H24N2O2/c1-12(2)15(11-20-3)18-10-14-9-8-13-6-5-7-16(21-4)17(13)19-14/h5-9,12,15,18H,10-11H2,1-4H3. The van der Waals surface area contributed by atoms with Gasteiger partial charge in [0, 0.05) is 25.1 Å². The molecule has 1 aromatic carbocycles. The van der Waals surface area contributed by atoms with Gasteiger partial charge >= 0.3 is 0 Å². The van der Waals surface area contributed by atoms with E-state index in [-0.39, 0.29) is 0 Å². The van der Waals surface area contributed by atoms with Gasteiger partial charge in [-0.3, -0.25) is 0 Å². The van der Waals surface area contributed by atoms with E-state index in [2.05, 4.69) is 31.3 Å². The van der Waals surface area contributed by atoms with Gasteiger partial charge in [-0.25, -0.2) is 4.98 Å². The highest BCUT2D eigenvalue weighted by Gasteiger charge is 2.13. The molecule has 4 heteroatoms. The average Bonchev–Trinajstić information content (AvgIpc) is 2.50. The van der Waals surface area contributed by atoms with E-state index < -0.39 is 0 Å². The Balaban J connectivity index is 2.15. The SMILES string of the molecule is COCC(NCc1ccc2cccc(OC)c2n1)C(C)C. The molecule has 4 nitrogen and oxygen atoms in total. The fraction of sp³-hybridized carbons (Fsp3) is 0.471. The number of methoxy groups -OCH3 is 2. The molecule has 2 aromatic rings. The molecule has 1 heterocycles. The Morgan fingerprint density at radius 2 is 1.95 bits per heavy atom. The van der Waals surface area contributed by atoms with Crippen molar-refractivity contribution >= 4 is 10.9 Å². The molecular formula is C17H24N2O2.